The molecule has 0 saturated heterocycles. The zero-order chi connectivity index (χ0) is 14.7. The number of benzene rings is 2. The Labute approximate surface area is 141 Å². The molecule has 0 saturated carbocycles. The summed E-state index contributed by atoms with van der Waals surface area (Å²) in [5.41, 5.74) is 3.20. The molecule has 2 aromatic rings. The molecule has 0 amide bonds. The number of hydrogen-bond acceptors (Lipinski definition) is 1. The largest absolute Gasteiger partial charge is 0.494 e. The van der Waals surface area contributed by atoms with E-state index < -0.39 is 0 Å². The first kappa shape index (κ1) is 15.9. The molecule has 0 aliphatic rings. The number of rotatable bonds is 4. The molecule has 0 radical (unpaired) electrons. The Bertz CT molecular complexity index is 593. The van der Waals surface area contributed by atoms with Crippen molar-refractivity contribution in [3.63, 3.8) is 0 Å². The van der Waals surface area contributed by atoms with Crippen molar-refractivity contribution in [2.75, 3.05) is 6.61 Å². The molecule has 4 heteroatoms. The SMILES string of the molecule is CCOc1ccc(C)cc1C(Cl)c1cc(Br)cc(Br)c1. The number of aryl methyl sites for hydroxylation is 1. The van der Waals surface area contributed by atoms with Crippen LogP contribution >= 0.6 is 43.5 Å². The van der Waals surface area contributed by atoms with E-state index in [9.17, 15) is 0 Å². The number of halogens is 3. The summed E-state index contributed by atoms with van der Waals surface area (Å²) in [6, 6.07) is 12.1. The third-order valence-electron chi connectivity index (χ3n) is 2.92. The van der Waals surface area contributed by atoms with Crippen LogP contribution < -0.4 is 4.74 Å². The first-order valence-corrected chi connectivity index (χ1v) is 8.37. The van der Waals surface area contributed by atoms with Crippen molar-refractivity contribution in [1.29, 1.82) is 0 Å². The molecule has 106 valence electrons. The Balaban J connectivity index is 2.46. The first-order chi connectivity index (χ1) is 9.51. The van der Waals surface area contributed by atoms with Gasteiger partial charge in [0.2, 0.25) is 0 Å². The predicted molar refractivity (Wildman–Crippen MR) is 91.9 cm³/mol. The summed E-state index contributed by atoms with van der Waals surface area (Å²) in [4.78, 5) is 0. The van der Waals surface area contributed by atoms with Gasteiger partial charge in [-0.1, -0.05) is 49.6 Å². The zero-order valence-electron chi connectivity index (χ0n) is 11.3. The standard InChI is InChI=1S/C16H15Br2ClO/c1-3-20-15-5-4-10(2)6-14(15)16(19)11-7-12(17)9-13(18)8-11/h4-9,16H,3H2,1-2H3. The molecule has 20 heavy (non-hydrogen) atoms. The summed E-state index contributed by atoms with van der Waals surface area (Å²) in [6.45, 7) is 4.66. The molecule has 0 heterocycles. The third kappa shape index (κ3) is 3.78. The van der Waals surface area contributed by atoms with Crippen molar-refractivity contribution < 1.29 is 4.74 Å². The Morgan fingerprint density at radius 3 is 2.35 bits per heavy atom. The summed E-state index contributed by atoms with van der Waals surface area (Å²) in [7, 11) is 0. The smallest absolute Gasteiger partial charge is 0.124 e. The molecule has 2 aromatic carbocycles. The lowest BCUT2D eigenvalue weighted by Gasteiger charge is -2.17. The maximum Gasteiger partial charge on any atom is 0.124 e. The van der Waals surface area contributed by atoms with Crippen molar-refractivity contribution in [3.8, 4) is 5.75 Å². The van der Waals surface area contributed by atoms with Gasteiger partial charge in [0, 0.05) is 14.5 Å². The van der Waals surface area contributed by atoms with Crippen molar-refractivity contribution in [2.24, 2.45) is 0 Å². The molecule has 1 nitrogen and oxygen atoms in total. The highest BCUT2D eigenvalue weighted by molar-refractivity contribution is 9.11. The van der Waals surface area contributed by atoms with Gasteiger partial charge >= 0.3 is 0 Å². The summed E-state index contributed by atoms with van der Waals surface area (Å²) in [5.74, 6) is 0.842. The second kappa shape index (κ2) is 6.97. The monoisotopic (exact) mass is 416 g/mol. The Morgan fingerprint density at radius 2 is 1.75 bits per heavy atom. The molecule has 0 fully saturated rings. The maximum atomic E-state index is 6.67. The Hall–Kier alpha value is -0.510. The van der Waals surface area contributed by atoms with Crippen LogP contribution in [0.25, 0.3) is 0 Å². The van der Waals surface area contributed by atoms with Crippen molar-refractivity contribution in [1.82, 2.24) is 0 Å². The summed E-state index contributed by atoms with van der Waals surface area (Å²) < 4.78 is 7.68. The van der Waals surface area contributed by atoms with E-state index in [1.54, 1.807) is 0 Å². The van der Waals surface area contributed by atoms with Crippen molar-refractivity contribution in [2.45, 2.75) is 19.2 Å². The van der Waals surface area contributed by atoms with E-state index in [0.29, 0.717) is 6.61 Å². The normalized spacial score (nSPS) is 12.2. The third-order valence-corrected chi connectivity index (χ3v) is 4.32. The van der Waals surface area contributed by atoms with E-state index in [4.69, 9.17) is 16.3 Å². The topological polar surface area (TPSA) is 9.23 Å². The molecule has 0 bridgehead atoms. The van der Waals surface area contributed by atoms with Crippen LogP contribution in [0.5, 0.6) is 5.75 Å². The molecule has 2 rings (SSSR count). The van der Waals surface area contributed by atoms with E-state index in [1.165, 1.54) is 5.56 Å². The van der Waals surface area contributed by atoms with Crippen LogP contribution in [0, 0.1) is 6.92 Å². The Kier molecular flexibility index (Phi) is 5.53. The van der Waals surface area contributed by atoms with Gasteiger partial charge in [-0.15, -0.1) is 11.6 Å². The molecule has 0 aliphatic carbocycles. The second-order valence-corrected chi connectivity index (χ2v) is 6.81. The lowest BCUT2D eigenvalue weighted by Crippen LogP contribution is -2.01. The number of hydrogen-bond donors (Lipinski definition) is 0. The van der Waals surface area contributed by atoms with E-state index in [0.717, 1.165) is 25.8 Å². The minimum absolute atomic E-state index is 0.245. The average Bonchev–Trinajstić information content (AvgIpc) is 2.39. The quantitative estimate of drug-likeness (QED) is 0.534. The Morgan fingerprint density at radius 1 is 1.10 bits per heavy atom. The van der Waals surface area contributed by atoms with Crippen molar-refractivity contribution >= 4 is 43.5 Å². The van der Waals surface area contributed by atoms with Crippen LogP contribution in [0.4, 0.5) is 0 Å². The van der Waals surface area contributed by atoms with Gasteiger partial charge in [-0.3, -0.25) is 0 Å². The second-order valence-electron chi connectivity index (χ2n) is 4.54. The zero-order valence-corrected chi connectivity index (χ0v) is 15.2. The summed E-state index contributed by atoms with van der Waals surface area (Å²) in [5, 5.41) is -0.245. The highest BCUT2D eigenvalue weighted by atomic mass is 79.9. The van der Waals surface area contributed by atoms with Gasteiger partial charge in [-0.2, -0.15) is 0 Å². The fourth-order valence-corrected chi connectivity index (χ4v) is 3.68. The van der Waals surface area contributed by atoms with Gasteiger partial charge in [0.05, 0.1) is 12.0 Å². The van der Waals surface area contributed by atoms with Gasteiger partial charge in [-0.05, 0) is 43.7 Å². The molecule has 0 aliphatic heterocycles. The van der Waals surface area contributed by atoms with E-state index >= 15 is 0 Å². The molecule has 0 N–H and O–H groups in total. The molecular weight excluding hydrogens is 403 g/mol. The van der Waals surface area contributed by atoms with Crippen LogP contribution in [0.3, 0.4) is 0 Å². The fraction of sp³-hybridized carbons (Fsp3) is 0.250. The molecule has 0 aromatic heterocycles. The van der Waals surface area contributed by atoms with Crippen molar-refractivity contribution in [3.05, 3.63) is 62.0 Å². The van der Waals surface area contributed by atoms with Crippen LogP contribution in [0.15, 0.2) is 45.3 Å². The van der Waals surface area contributed by atoms with Crippen LogP contribution in [-0.2, 0) is 0 Å². The minimum Gasteiger partial charge on any atom is -0.494 e. The average molecular weight is 419 g/mol. The summed E-state index contributed by atoms with van der Waals surface area (Å²) >= 11 is 13.7. The van der Waals surface area contributed by atoms with E-state index in [-0.39, 0.29) is 5.38 Å². The lowest BCUT2D eigenvalue weighted by atomic mass is 10.0. The first-order valence-electron chi connectivity index (χ1n) is 6.34. The lowest BCUT2D eigenvalue weighted by molar-refractivity contribution is 0.337. The molecule has 1 atom stereocenters. The fourth-order valence-electron chi connectivity index (χ4n) is 2.05. The highest BCUT2D eigenvalue weighted by Crippen LogP contribution is 2.37. The van der Waals surface area contributed by atoms with Gasteiger partial charge in [0.15, 0.2) is 0 Å². The van der Waals surface area contributed by atoms with Gasteiger partial charge in [0.1, 0.15) is 5.75 Å². The van der Waals surface area contributed by atoms with E-state index in [1.807, 2.05) is 37.3 Å². The molecule has 0 spiro atoms. The minimum atomic E-state index is -0.245. The van der Waals surface area contributed by atoms with Crippen LogP contribution in [-0.4, -0.2) is 6.61 Å². The molecular formula is C16H15Br2ClO. The van der Waals surface area contributed by atoms with E-state index in [2.05, 4.69) is 44.8 Å². The highest BCUT2D eigenvalue weighted by Gasteiger charge is 2.17. The molecule has 1 unspecified atom stereocenters. The summed E-state index contributed by atoms with van der Waals surface area (Å²) in [6.07, 6.45) is 0. The predicted octanol–water partition coefficient (Wildman–Crippen LogP) is 6.25. The number of ether oxygens (including phenoxy) is 1. The number of alkyl halides is 1. The maximum absolute atomic E-state index is 6.67. The van der Waals surface area contributed by atoms with Gasteiger partial charge in [-0.25, -0.2) is 0 Å². The van der Waals surface area contributed by atoms with Crippen LogP contribution in [0.2, 0.25) is 0 Å². The van der Waals surface area contributed by atoms with Gasteiger partial charge < -0.3 is 4.74 Å². The van der Waals surface area contributed by atoms with Crippen LogP contribution in [0.1, 0.15) is 29.0 Å². The van der Waals surface area contributed by atoms with Gasteiger partial charge in [0.25, 0.3) is 0 Å².